The normalized spacial score (nSPS) is 15.7. The number of hydrogen-bond donors (Lipinski definition) is 1. The van der Waals surface area contributed by atoms with Gasteiger partial charge in [0.2, 0.25) is 0 Å². The van der Waals surface area contributed by atoms with Crippen molar-refractivity contribution in [1.82, 2.24) is 4.98 Å². The summed E-state index contributed by atoms with van der Waals surface area (Å²) in [5.74, 6) is 0. The molecule has 76 valence electrons. The Balaban J connectivity index is 2.36. The van der Waals surface area contributed by atoms with Gasteiger partial charge in [-0.15, -0.1) is 0 Å². The van der Waals surface area contributed by atoms with E-state index in [1.54, 1.807) is 0 Å². The van der Waals surface area contributed by atoms with Crippen LogP contribution in [0.4, 0.5) is 0 Å². The second kappa shape index (κ2) is 3.24. The van der Waals surface area contributed by atoms with Crippen LogP contribution in [-0.2, 0) is 6.42 Å². The Morgan fingerprint density at radius 3 is 3.00 bits per heavy atom. The zero-order chi connectivity index (χ0) is 10.4. The van der Waals surface area contributed by atoms with Gasteiger partial charge in [-0.05, 0) is 37.0 Å². The molecule has 0 aliphatic heterocycles. The lowest BCUT2D eigenvalue weighted by Gasteiger charge is -2.13. The smallest absolute Gasteiger partial charge is 0.0473 e. The lowest BCUT2D eigenvalue weighted by molar-refractivity contribution is 0.808. The summed E-state index contributed by atoms with van der Waals surface area (Å²) >= 11 is 3.50. The Kier molecular flexibility index (Phi) is 1.99. The van der Waals surface area contributed by atoms with Gasteiger partial charge in [0.25, 0.3) is 0 Å². The molecule has 1 aromatic heterocycles. The lowest BCUT2D eigenvalue weighted by atomic mass is 9.92. The predicted molar refractivity (Wildman–Crippen MR) is 68.0 cm³/mol. The summed E-state index contributed by atoms with van der Waals surface area (Å²) < 4.78 is 1.12. The summed E-state index contributed by atoms with van der Waals surface area (Å²) in [5, 5.41) is 1.32. The van der Waals surface area contributed by atoms with Crippen LogP contribution < -0.4 is 0 Å². The van der Waals surface area contributed by atoms with Gasteiger partial charge >= 0.3 is 0 Å². The third kappa shape index (κ3) is 1.36. The third-order valence-electron chi connectivity index (χ3n) is 3.10. The molecule has 1 heterocycles. The van der Waals surface area contributed by atoms with E-state index in [0.717, 1.165) is 17.3 Å². The molecule has 0 saturated carbocycles. The first-order chi connectivity index (χ1) is 7.25. The fourth-order valence-corrected chi connectivity index (χ4v) is 2.78. The van der Waals surface area contributed by atoms with Gasteiger partial charge in [0.05, 0.1) is 0 Å². The van der Waals surface area contributed by atoms with Crippen LogP contribution >= 0.6 is 15.9 Å². The second-order valence-electron chi connectivity index (χ2n) is 4.13. The first kappa shape index (κ1) is 9.22. The highest BCUT2D eigenvalue weighted by molar-refractivity contribution is 9.10. The Bertz CT molecular complexity index is 551. The molecule has 0 fully saturated rings. The number of aromatic nitrogens is 1. The molecule has 0 saturated heterocycles. The molecule has 0 unspecified atom stereocenters. The van der Waals surface area contributed by atoms with Crippen molar-refractivity contribution in [3.63, 3.8) is 0 Å². The van der Waals surface area contributed by atoms with Gasteiger partial charge < -0.3 is 4.98 Å². The number of fused-ring (bicyclic) bond motifs is 3. The second-order valence-corrected chi connectivity index (χ2v) is 5.04. The highest BCUT2D eigenvalue weighted by atomic mass is 79.9. The molecule has 0 spiro atoms. The van der Waals surface area contributed by atoms with Crippen molar-refractivity contribution in [1.29, 1.82) is 0 Å². The van der Waals surface area contributed by atoms with E-state index in [1.165, 1.54) is 34.2 Å². The number of benzene rings is 1. The number of aryl methyl sites for hydroxylation is 1. The maximum atomic E-state index is 4.17. The average Bonchev–Trinajstić information content (AvgIpc) is 2.56. The molecule has 0 bridgehead atoms. The van der Waals surface area contributed by atoms with Gasteiger partial charge in [0.1, 0.15) is 0 Å². The summed E-state index contributed by atoms with van der Waals surface area (Å²) in [5.41, 5.74) is 5.23. The minimum atomic E-state index is 1.12. The molecule has 3 rings (SSSR count). The van der Waals surface area contributed by atoms with Crippen LogP contribution in [0.3, 0.4) is 0 Å². The number of allylic oxidation sites excluding steroid dienone is 1. The monoisotopic (exact) mass is 261 g/mol. The molecule has 1 nitrogen and oxygen atoms in total. The third-order valence-corrected chi connectivity index (χ3v) is 3.59. The molecule has 1 aliphatic carbocycles. The number of aromatic amines is 1. The van der Waals surface area contributed by atoms with Crippen molar-refractivity contribution < 1.29 is 0 Å². The number of H-pyrrole nitrogens is 1. The number of rotatable bonds is 0. The van der Waals surface area contributed by atoms with Crippen molar-refractivity contribution in [2.45, 2.75) is 19.3 Å². The van der Waals surface area contributed by atoms with E-state index in [4.69, 9.17) is 0 Å². The minimum absolute atomic E-state index is 1.12. The van der Waals surface area contributed by atoms with Crippen LogP contribution in [-0.4, -0.2) is 4.98 Å². The van der Waals surface area contributed by atoms with Gasteiger partial charge in [-0.2, -0.15) is 0 Å². The maximum Gasteiger partial charge on any atom is 0.0473 e. The van der Waals surface area contributed by atoms with Gasteiger partial charge in [-0.3, -0.25) is 0 Å². The van der Waals surface area contributed by atoms with E-state index in [-0.39, 0.29) is 0 Å². The quantitative estimate of drug-likeness (QED) is 0.729. The van der Waals surface area contributed by atoms with E-state index in [0.29, 0.717) is 0 Å². The zero-order valence-electron chi connectivity index (χ0n) is 8.44. The van der Waals surface area contributed by atoms with Crippen LogP contribution in [0.5, 0.6) is 0 Å². The number of halogens is 1. The van der Waals surface area contributed by atoms with Gasteiger partial charge in [0.15, 0.2) is 0 Å². The Hall–Kier alpha value is -1.02. The van der Waals surface area contributed by atoms with E-state index >= 15 is 0 Å². The summed E-state index contributed by atoms with van der Waals surface area (Å²) in [6, 6.07) is 6.41. The maximum absolute atomic E-state index is 4.17. The molecule has 0 radical (unpaired) electrons. The Labute approximate surface area is 97.3 Å². The van der Waals surface area contributed by atoms with Crippen LogP contribution in [0.15, 0.2) is 29.3 Å². The number of nitrogens with one attached hydrogen (secondary N) is 1. The van der Waals surface area contributed by atoms with Crippen molar-refractivity contribution in [2.75, 3.05) is 0 Å². The van der Waals surface area contributed by atoms with Crippen molar-refractivity contribution in [2.24, 2.45) is 0 Å². The Morgan fingerprint density at radius 2 is 2.13 bits per heavy atom. The molecule has 0 amide bonds. The van der Waals surface area contributed by atoms with E-state index in [9.17, 15) is 0 Å². The summed E-state index contributed by atoms with van der Waals surface area (Å²) in [4.78, 5) is 3.50. The van der Waals surface area contributed by atoms with Crippen LogP contribution in [0, 0.1) is 0 Å². The highest BCUT2D eigenvalue weighted by Crippen LogP contribution is 2.36. The molecule has 2 heteroatoms. The molecule has 0 atom stereocenters. The minimum Gasteiger partial charge on any atom is -0.358 e. The fraction of sp³-hybridized carbons (Fsp3) is 0.231. The molecule has 1 aliphatic rings. The van der Waals surface area contributed by atoms with Crippen LogP contribution in [0.2, 0.25) is 0 Å². The molecule has 1 N–H and O–H groups in total. The summed E-state index contributed by atoms with van der Waals surface area (Å²) in [6.07, 6.45) is 3.51. The van der Waals surface area contributed by atoms with Crippen LogP contribution in [0.25, 0.3) is 16.5 Å². The lowest BCUT2D eigenvalue weighted by Crippen LogP contribution is -1.98. The topological polar surface area (TPSA) is 15.8 Å². The fourth-order valence-electron chi connectivity index (χ4n) is 2.42. The molecular weight excluding hydrogens is 250 g/mol. The standard InChI is InChI=1S/C13H12BrN/c1-8-3-2-4-11-13(8)10-6-5-9(14)7-12(10)15-11/h5-7,15H,1-4H2. The largest absolute Gasteiger partial charge is 0.358 e. The van der Waals surface area contributed by atoms with Gasteiger partial charge in [-0.1, -0.05) is 28.6 Å². The SMILES string of the molecule is C=C1CCCc2[nH]c3cc(Br)ccc3c21. The average molecular weight is 262 g/mol. The van der Waals surface area contributed by atoms with E-state index in [2.05, 4.69) is 45.7 Å². The Morgan fingerprint density at radius 1 is 1.27 bits per heavy atom. The zero-order valence-corrected chi connectivity index (χ0v) is 10.0. The van der Waals surface area contributed by atoms with E-state index < -0.39 is 0 Å². The first-order valence-electron chi connectivity index (χ1n) is 5.24. The van der Waals surface area contributed by atoms with Crippen molar-refractivity contribution >= 4 is 32.4 Å². The first-order valence-corrected chi connectivity index (χ1v) is 6.03. The van der Waals surface area contributed by atoms with Crippen LogP contribution in [0.1, 0.15) is 24.1 Å². The molecule has 15 heavy (non-hydrogen) atoms. The van der Waals surface area contributed by atoms with E-state index in [1.807, 2.05) is 0 Å². The van der Waals surface area contributed by atoms with Crippen molar-refractivity contribution in [3.05, 3.63) is 40.5 Å². The highest BCUT2D eigenvalue weighted by Gasteiger charge is 2.17. The van der Waals surface area contributed by atoms with Crippen molar-refractivity contribution in [3.8, 4) is 0 Å². The summed E-state index contributed by atoms with van der Waals surface area (Å²) in [7, 11) is 0. The van der Waals surface area contributed by atoms with Gasteiger partial charge in [-0.25, -0.2) is 0 Å². The number of hydrogen-bond acceptors (Lipinski definition) is 0. The van der Waals surface area contributed by atoms with Gasteiger partial charge in [0, 0.05) is 26.6 Å². The molecule has 1 aromatic carbocycles. The predicted octanol–water partition coefficient (Wildman–Crippen LogP) is 4.28. The molecular formula is C13H12BrN. The molecule has 2 aromatic rings. The summed E-state index contributed by atoms with van der Waals surface area (Å²) in [6.45, 7) is 4.17.